The third-order valence-corrected chi connectivity index (χ3v) is 12.2. The van der Waals surface area contributed by atoms with Crippen molar-refractivity contribution in [1.82, 2.24) is 0 Å². The van der Waals surface area contributed by atoms with Crippen LogP contribution in [0.15, 0.2) is 57.2 Å². The Bertz CT molecular complexity index is 1630. The number of rotatable bonds is 10. The minimum Gasteiger partial charge on any atom is -0.505 e. The molecule has 3 aromatic carbocycles. The topological polar surface area (TPSA) is 199 Å². The van der Waals surface area contributed by atoms with E-state index in [0.29, 0.717) is 11.7 Å². The van der Waals surface area contributed by atoms with E-state index in [2.05, 4.69) is 9.50 Å². The largest absolute Gasteiger partial charge is 0.505 e. The van der Waals surface area contributed by atoms with Gasteiger partial charge in [-0.2, -0.15) is 16.8 Å². The van der Waals surface area contributed by atoms with E-state index in [4.69, 9.17) is 11.5 Å². The molecule has 1 heterocycles. The third-order valence-electron chi connectivity index (χ3n) is 6.27. The predicted octanol–water partition coefficient (Wildman–Crippen LogP) is 5.35. The molecule has 1 atom stereocenters. The summed E-state index contributed by atoms with van der Waals surface area (Å²) in [6.07, 6.45) is 5.87. The minimum atomic E-state index is -4.82. The summed E-state index contributed by atoms with van der Waals surface area (Å²) in [4.78, 5) is 12.6. The number of phenolic OH excluding ortho intramolecular Hbond substituents is 1. The van der Waals surface area contributed by atoms with Crippen molar-refractivity contribution in [2.24, 2.45) is 0 Å². The van der Waals surface area contributed by atoms with E-state index < -0.39 is 42.5 Å². The zero-order valence-electron chi connectivity index (χ0n) is 22.9. The van der Waals surface area contributed by atoms with Crippen LogP contribution in [0.2, 0.25) is 0 Å². The number of amides is 1. The number of benzene rings is 3. The fraction of sp³-hybridized carbons (Fsp3) is 0.346. The Balaban J connectivity index is 0.000000458. The Morgan fingerprint density at radius 3 is 2.38 bits per heavy atom. The molecule has 16 heteroatoms. The molecule has 4 rings (SSSR count). The highest BCUT2D eigenvalue weighted by molar-refractivity contribution is 8.77. The fourth-order valence-corrected chi connectivity index (χ4v) is 8.89. The number of nitrogens with one attached hydrogen (secondary N) is 1. The van der Waals surface area contributed by atoms with Crippen molar-refractivity contribution in [1.29, 1.82) is 0 Å². The van der Waals surface area contributed by atoms with Gasteiger partial charge in [-0.25, -0.2) is 0 Å². The van der Waals surface area contributed by atoms with Gasteiger partial charge in [0.2, 0.25) is 5.91 Å². The van der Waals surface area contributed by atoms with Crippen LogP contribution >= 0.6 is 33.3 Å². The lowest BCUT2D eigenvalue weighted by molar-refractivity contribution is -0.116. The van der Waals surface area contributed by atoms with Crippen LogP contribution in [-0.2, 0) is 29.2 Å². The lowest BCUT2D eigenvalue weighted by Crippen LogP contribution is -2.13. The first-order valence-electron chi connectivity index (χ1n) is 12.6. The summed E-state index contributed by atoms with van der Waals surface area (Å²) in [6, 6.07) is 10.9. The molecule has 3 aromatic rings. The summed E-state index contributed by atoms with van der Waals surface area (Å²) in [6.45, 7) is 0. The second-order valence-electron chi connectivity index (χ2n) is 9.20. The van der Waals surface area contributed by atoms with Crippen LogP contribution in [0.4, 0.5) is 17.1 Å². The molecule has 0 bridgehead atoms. The third kappa shape index (κ3) is 9.08. The van der Waals surface area contributed by atoms with Crippen molar-refractivity contribution in [3.05, 3.63) is 42.5 Å². The molecule has 1 aliphatic heterocycles. The molecule has 1 aliphatic rings. The molecule has 1 unspecified atom stereocenters. The molecule has 1 fully saturated rings. The number of carbonyl (C=O) groups is 1. The standard InChI is InChI=1S/C19H24N2O8S4.C7H9NS/c1-29-33(27,28)13-8-11-9-15(32(24,25)26)18(20)19(23)17(11)14(10-13)21-16(22)5-3-2-4-12-6-7-30-31-12;1-9-7-4-2-6(8)3-5-7/h8-10,12,23H,2-7,20H2,1H3,(H,21,22)(H,24,25,26);2-5H,8H2,1H3. The van der Waals surface area contributed by atoms with Crippen LogP contribution in [0.25, 0.3) is 10.8 Å². The summed E-state index contributed by atoms with van der Waals surface area (Å²) < 4.78 is 61.7. The van der Waals surface area contributed by atoms with Gasteiger partial charge in [0.25, 0.3) is 20.2 Å². The van der Waals surface area contributed by atoms with E-state index >= 15 is 0 Å². The molecule has 0 spiro atoms. The summed E-state index contributed by atoms with van der Waals surface area (Å²) in [7, 11) is -4.38. The maximum absolute atomic E-state index is 12.6. The second-order valence-corrected chi connectivity index (χ2v) is 16.0. The van der Waals surface area contributed by atoms with E-state index in [0.717, 1.165) is 56.0 Å². The maximum Gasteiger partial charge on any atom is 0.296 e. The number of hydrogen-bond donors (Lipinski definition) is 5. The van der Waals surface area contributed by atoms with E-state index in [9.17, 15) is 31.3 Å². The lowest BCUT2D eigenvalue weighted by Gasteiger charge is -2.15. The Hall–Kier alpha value is -2.34. The average Bonchev–Trinajstić information content (AvgIpc) is 3.46. The number of thioether (sulfide) groups is 1. The van der Waals surface area contributed by atoms with Gasteiger partial charge in [0.1, 0.15) is 10.6 Å². The van der Waals surface area contributed by atoms with Gasteiger partial charge in [-0.05, 0) is 73.4 Å². The van der Waals surface area contributed by atoms with E-state index in [1.807, 2.05) is 52.1 Å². The highest BCUT2D eigenvalue weighted by Gasteiger charge is 2.25. The quantitative estimate of drug-likeness (QED) is 0.0351. The van der Waals surface area contributed by atoms with Crippen LogP contribution in [-0.4, -0.2) is 56.8 Å². The average molecular weight is 676 g/mol. The zero-order valence-corrected chi connectivity index (χ0v) is 27.0. The first kappa shape index (κ1) is 34.2. The molecular formula is C26H33N3O8S5. The van der Waals surface area contributed by atoms with Gasteiger partial charge < -0.3 is 21.9 Å². The van der Waals surface area contributed by atoms with Gasteiger partial charge in [-0.15, -0.1) is 11.8 Å². The van der Waals surface area contributed by atoms with Gasteiger partial charge in [0, 0.05) is 33.4 Å². The van der Waals surface area contributed by atoms with E-state index in [1.165, 1.54) is 4.90 Å². The summed E-state index contributed by atoms with van der Waals surface area (Å²) in [5.41, 5.74) is 11.3. The fourth-order valence-electron chi connectivity index (χ4n) is 4.08. The number of aromatic hydroxyl groups is 1. The normalized spacial score (nSPS) is 15.3. The monoisotopic (exact) mass is 675 g/mol. The second kappa shape index (κ2) is 14.9. The van der Waals surface area contributed by atoms with Crippen molar-refractivity contribution in [3.8, 4) is 5.75 Å². The van der Waals surface area contributed by atoms with Crippen molar-refractivity contribution < 1.29 is 35.5 Å². The zero-order chi connectivity index (χ0) is 31.1. The van der Waals surface area contributed by atoms with Gasteiger partial charge in [0.05, 0.1) is 23.4 Å². The molecule has 0 aliphatic carbocycles. The minimum absolute atomic E-state index is 0.0670. The Morgan fingerprint density at radius 2 is 1.81 bits per heavy atom. The van der Waals surface area contributed by atoms with Gasteiger partial charge in [-0.1, -0.05) is 28.0 Å². The van der Waals surface area contributed by atoms with Crippen LogP contribution in [0, 0.1) is 0 Å². The molecule has 230 valence electrons. The number of phenols is 1. The SMILES string of the molecule is COS(=O)(=O)c1cc(NC(=O)CCCCC2CCSS2)c2c(O)c(N)c(S(=O)(=O)O)cc2c1.CSc1ccc(N)cc1. The molecule has 7 N–H and O–H groups in total. The van der Waals surface area contributed by atoms with Gasteiger partial charge >= 0.3 is 0 Å². The number of unbranched alkanes of at least 4 members (excludes halogenated alkanes) is 1. The number of anilines is 3. The van der Waals surface area contributed by atoms with Crippen molar-refractivity contribution in [2.75, 3.05) is 35.9 Å². The Morgan fingerprint density at radius 1 is 1.12 bits per heavy atom. The lowest BCUT2D eigenvalue weighted by atomic mass is 10.1. The number of carbonyl (C=O) groups excluding carboxylic acids is 1. The number of hydrogen-bond acceptors (Lipinski definition) is 12. The van der Waals surface area contributed by atoms with Crippen LogP contribution < -0.4 is 16.8 Å². The van der Waals surface area contributed by atoms with Gasteiger partial charge in [-0.3, -0.25) is 13.5 Å². The molecule has 1 amide bonds. The van der Waals surface area contributed by atoms with Crippen molar-refractivity contribution in [2.45, 2.75) is 52.0 Å². The molecule has 0 radical (unpaired) electrons. The molecule has 0 aromatic heterocycles. The molecule has 1 saturated heterocycles. The predicted molar refractivity (Wildman–Crippen MR) is 172 cm³/mol. The first-order valence-corrected chi connectivity index (χ1v) is 19.1. The molecule has 42 heavy (non-hydrogen) atoms. The van der Waals surface area contributed by atoms with Crippen LogP contribution in [0.1, 0.15) is 32.1 Å². The smallest absolute Gasteiger partial charge is 0.296 e. The van der Waals surface area contributed by atoms with Crippen molar-refractivity contribution >= 4 is 87.3 Å². The number of nitrogen functional groups attached to an aromatic ring is 2. The Labute approximate surface area is 257 Å². The number of fused-ring (bicyclic) bond motifs is 1. The summed E-state index contributed by atoms with van der Waals surface area (Å²) >= 11 is 1.72. The van der Waals surface area contributed by atoms with E-state index in [1.54, 1.807) is 11.8 Å². The van der Waals surface area contributed by atoms with Crippen molar-refractivity contribution in [3.63, 3.8) is 0 Å². The Kier molecular flexibility index (Phi) is 12.1. The highest BCUT2D eigenvalue weighted by Crippen LogP contribution is 2.42. The molecule has 0 saturated carbocycles. The maximum atomic E-state index is 12.6. The first-order chi connectivity index (χ1) is 19.8. The van der Waals surface area contributed by atoms with Crippen LogP contribution in [0.5, 0.6) is 5.75 Å². The molecular weight excluding hydrogens is 643 g/mol. The van der Waals surface area contributed by atoms with E-state index in [-0.39, 0.29) is 27.8 Å². The molecule has 11 nitrogen and oxygen atoms in total. The highest BCUT2D eigenvalue weighted by atomic mass is 33.1. The van der Waals surface area contributed by atoms with Crippen LogP contribution in [0.3, 0.4) is 0 Å². The van der Waals surface area contributed by atoms with Gasteiger partial charge in [0.15, 0.2) is 0 Å². The summed E-state index contributed by atoms with van der Waals surface area (Å²) in [5, 5.41) is 13.6. The summed E-state index contributed by atoms with van der Waals surface area (Å²) in [5.74, 6) is 0.0105. The number of nitrogens with two attached hydrogens (primary N) is 2.